The molecule has 196 valence electrons. The number of alkyl halides is 2. The number of benzene rings is 2. The summed E-state index contributed by atoms with van der Waals surface area (Å²) in [5.74, 6) is -4.00. The molecule has 0 N–H and O–H groups in total. The van der Waals surface area contributed by atoms with Crippen molar-refractivity contribution in [3.05, 3.63) is 71.8 Å². The Morgan fingerprint density at radius 2 is 1.42 bits per heavy atom. The number of ether oxygens (including phenoxy) is 3. The molecule has 0 spiro atoms. The summed E-state index contributed by atoms with van der Waals surface area (Å²) in [6, 6.07) is 15.6. The van der Waals surface area contributed by atoms with Crippen LogP contribution >= 0.6 is 7.60 Å². The zero-order valence-corrected chi connectivity index (χ0v) is 21.1. The number of rotatable bonds is 11. The van der Waals surface area contributed by atoms with Crippen LogP contribution in [0.2, 0.25) is 0 Å². The van der Waals surface area contributed by atoms with Gasteiger partial charge >= 0.3 is 19.5 Å². The van der Waals surface area contributed by atoms with Gasteiger partial charge in [-0.05, 0) is 45.0 Å². The molecule has 3 rings (SSSR count). The van der Waals surface area contributed by atoms with E-state index in [1.54, 1.807) is 36.4 Å². The summed E-state index contributed by atoms with van der Waals surface area (Å²) in [6.45, 7) is 3.89. The minimum Gasteiger partial charge on any atom is -0.452 e. The maximum atomic E-state index is 16.1. The van der Waals surface area contributed by atoms with Crippen LogP contribution in [-0.2, 0) is 27.8 Å². The average molecular weight is 526 g/mol. The molecule has 1 aliphatic rings. The van der Waals surface area contributed by atoms with Crippen LogP contribution in [0.3, 0.4) is 0 Å². The van der Waals surface area contributed by atoms with Crippen molar-refractivity contribution in [1.29, 1.82) is 0 Å². The second-order valence-electron chi connectivity index (χ2n) is 8.17. The highest BCUT2D eigenvalue weighted by Crippen LogP contribution is 2.56. The van der Waals surface area contributed by atoms with Gasteiger partial charge in [0.1, 0.15) is 6.10 Å². The molecule has 1 aliphatic heterocycles. The maximum absolute atomic E-state index is 16.1. The van der Waals surface area contributed by atoms with E-state index in [1.807, 2.05) is 0 Å². The number of halogens is 2. The average Bonchev–Trinajstić information content (AvgIpc) is 3.09. The molecular weight excluding hydrogens is 497 g/mol. The number of esters is 2. The topological polar surface area (TPSA) is 97.4 Å². The van der Waals surface area contributed by atoms with E-state index >= 15 is 8.78 Å². The van der Waals surface area contributed by atoms with Crippen molar-refractivity contribution in [3.63, 3.8) is 0 Å². The largest absolute Gasteiger partial charge is 0.452 e. The van der Waals surface area contributed by atoms with Crippen molar-refractivity contribution < 1.29 is 46.2 Å². The number of carbonyl (C=O) groups is 2. The molecule has 2 aromatic carbocycles. The highest BCUT2D eigenvalue weighted by Gasteiger charge is 2.60. The van der Waals surface area contributed by atoms with Crippen molar-refractivity contribution >= 4 is 19.5 Å². The van der Waals surface area contributed by atoms with E-state index in [0.717, 1.165) is 6.92 Å². The van der Waals surface area contributed by atoms with E-state index in [9.17, 15) is 14.2 Å². The normalized spacial score (nSPS) is 24.8. The highest BCUT2D eigenvalue weighted by atomic mass is 31.2. The standard InChI is InChI=1S/C25H29F2O8P/c1-4-31-36(30,32-5-2)20(26)16-19-21(34-22(28)17-12-8-6-9-13-17)25(3,27)24(33-19)35-23(29)18-14-10-7-11-15-18/h6-15,19-21,24H,4-5,16H2,1-3H3/t19-,20?,21-,24+,25?/m1/s1. The molecule has 2 unspecified atom stereocenters. The zero-order valence-electron chi connectivity index (χ0n) is 20.2. The van der Waals surface area contributed by atoms with Gasteiger partial charge in [-0.15, -0.1) is 0 Å². The molecule has 1 heterocycles. The van der Waals surface area contributed by atoms with E-state index in [0.29, 0.717) is 0 Å². The van der Waals surface area contributed by atoms with Gasteiger partial charge in [0.15, 0.2) is 6.10 Å². The van der Waals surface area contributed by atoms with Gasteiger partial charge in [-0.2, -0.15) is 0 Å². The Kier molecular flexibility index (Phi) is 9.35. The van der Waals surface area contributed by atoms with Gasteiger partial charge in [-0.1, -0.05) is 36.4 Å². The van der Waals surface area contributed by atoms with Crippen molar-refractivity contribution in [2.45, 2.75) is 57.3 Å². The lowest BCUT2D eigenvalue weighted by Gasteiger charge is -2.28. The first-order valence-corrected chi connectivity index (χ1v) is 13.1. The Hall–Kier alpha value is -2.65. The van der Waals surface area contributed by atoms with Crippen LogP contribution in [0.15, 0.2) is 60.7 Å². The molecule has 1 saturated heterocycles. The minimum absolute atomic E-state index is 0.0895. The Balaban J connectivity index is 1.87. The summed E-state index contributed by atoms with van der Waals surface area (Å²) < 4.78 is 70.5. The van der Waals surface area contributed by atoms with Gasteiger partial charge < -0.3 is 23.3 Å². The zero-order chi connectivity index (χ0) is 26.3. The van der Waals surface area contributed by atoms with Gasteiger partial charge in [0.25, 0.3) is 0 Å². The smallest absolute Gasteiger partial charge is 0.364 e. The molecule has 1 fully saturated rings. The first-order chi connectivity index (χ1) is 17.1. The third kappa shape index (κ3) is 6.37. The fourth-order valence-corrected chi connectivity index (χ4v) is 5.33. The quantitative estimate of drug-likeness (QED) is 0.281. The van der Waals surface area contributed by atoms with Gasteiger partial charge in [-0.3, -0.25) is 4.57 Å². The van der Waals surface area contributed by atoms with Crippen LogP contribution in [0, 0.1) is 0 Å². The number of carbonyl (C=O) groups excluding carboxylic acids is 2. The van der Waals surface area contributed by atoms with Gasteiger partial charge in [0.2, 0.25) is 17.9 Å². The van der Waals surface area contributed by atoms with Crippen LogP contribution in [0.5, 0.6) is 0 Å². The minimum atomic E-state index is -4.24. The molecular formula is C25H29F2O8P. The van der Waals surface area contributed by atoms with E-state index in [2.05, 4.69) is 0 Å². The third-order valence-corrected chi connectivity index (χ3v) is 7.64. The Bertz CT molecular complexity index is 1060. The molecule has 8 nitrogen and oxygen atoms in total. The molecule has 0 bridgehead atoms. The van der Waals surface area contributed by atoms with Crippen LogP contribution in [0.4, 0.5) is 8.78 Å². The fraction of sp³-hybridized carbons (Fsp3) is 0.440. The summed E-state index contributed by atoms with van der Waals surface area (Å²) in [5.41, 5.74) is -2.30. The van der Waals surface area contributed by atoms with Crippen molar-refractivity contribution in [2.75, 3.05) is 13.2 Å². The molecule has 36 heavy (non-hydrogen) atoms. The van der Waals surface area contributed by atoms with E-state index < -0.39 is 56.0 Å². The van der Waals surface area contributed by atoms with Crippen LogP contribution < -0.4 is 0 Å². The molecule has 5 atom stereocenters. The van der Waals surface area contributed by atoms with Crippen LogP contribution in [-0.4, -0.2) is 55.2 Å². The summed E-state index contributed by atoms with van der Waals surface area (Å²) in [4.78, 5) is 25.3. The predicted molar refractivity (Wildman–Crippen MR) is 126 cm³/mol. The lowest BCUT2D eigenvalue weighted by atomic mass is 9.97. The van der Waals surface area contributed by atoms with Crippen LogP contribution in [0.25, 0.3) is 0 Å². The summed E-state index contributed by atoms with van der Waals surface area (Å²) in [6.07, 6.45) is -5.71. The van der Waals surface area contributed by atoms with E-state index in [4.69, 9.17) is 23.3 Å². The van der Waals surface area contributed by atoms with Gasteiger partial charge in [0, 0.05) is 6.42 Å². The Morgan fingerprint density at radius 1 is 0.944 bits per heavy atom. The summed E-state index contributed by atoms with van der Waals surface area (Å²) in [5, 5.41) is 0. The molecule has 0 radical (unpaired) electrons. The number of hydrogen-bond acceptors (Lipinski definition) is 8. The van der Waals surface area contributed by atoms with Crippen LogP contribution in [0.1, 0.15) is 47.9 Å². The van der Waals surface area contributed by atoms with Crippen molar-refractivity contribution in [3.8, 4) is 0 Å². The lowest BCUT2D eigenvalue weighted by Crippen LogP contribution is -2.46. The molecule has 2 aromatic rings. The third-order valence-electron chi connectivity index (χ3n) is 5.51. The highest BCUT2D eigenvalue weighted by molar-refractivity contribution is 7.54. The Labute approximate surface area is 208 Å². The van der Waals surface area contributed by atoms with Gasteiger partial charge in [-0.25, -0.2) is 18.4 Å². The predicted octanol–water partition coefficient (Wildman–Crippen LogP) is 5.47. The molecule has 0 amide bonds. The molecule has 0 saturated carbocycles. The number of hydrogen-bond donors (Lipinski definition) is 0. The second-order valence-corrected chi connectivity index (χ2v) is 10.3. The monoisotopic (exact) mass is 526 g/mol. The van der Waals surface area contributed by atoms with E-state index in [1.165, 1.54) is 38.1 Å². The summed E-state index contributed by atoms with van der Waals surface area (Å²) in [7, 11) is -4.24. The second kappa shape index (κ2) is 12.1. The summed E-state index contributed by atoms with van der Waals surface area (Å²) >= 11 is 0. The van der Waals surface area contributed by atoms with Gasteiger partial charge in [0.05, 0.1) is 24.3 Å². The molecule has 11 heteroatoms. The maximum Gasteiger partial charge on any atom is 0.364 e. The first-order valence-electron chi connectivity index (χ1n) is 11.5. The molecule has 0 aromatic heterocycles. The first kappa shape index (κ1) is 27.9. The fourth-order valence-electron chi connectivity index (χ4n) is 3.75. The van der Waals surface area contributed by atoms with Crippen molar-refractivity contribution in [1.82, 2.24) is 0 Å². The van der Waals surface area contributed by atoms with Crippen molar-refractivity contribution in [2.24, 2.45) is 0 Å². The SMILES string of the molecule is CCOP(=O)(OCC)C(F)C[C@H]1O[C@@H](OC(=O)c2ccccc2)C(C)(F)[C@@H]1OC(=O)c1ccccc1. The molecule has 0 aliphatic carbocycles. The lowest BCUT2D eigenvalue weighted by molar-refractivity contribution is -0.146. The Morgan fingerprint density at radius 3 is 1.89 bits per heavy atom. The van der Waals surface area contributed by atoms with E-state index in [-0.39, 0.29) is 24.3 Å².